The molecule has 0 bridgehead atoms. The van der Waals surface area contributed by atoms with Gasteiger partial charge in [0, 0.05) is 11.6 Å². The lowest BCUT2D eigenvalue weighted by atomic mass is 10.1. The van der Waals surface area contributed by atoms with Crippen LogP contribution in [0.2, 0.25) is 5.02 Å². The molecule has 0 aliphatic heterocycles. The molecular formula is C17H14Cl3NO4. The first kappa shape index (κ1) is 19.6. The molecule has 0 heterocycles. The number of hydrogen-bond acceptors (Lipinski definition) is 4. The van der Waals surface area contributed by atoms with Crippen LogP contribution in [-0.4, -0.2) is 10.9 Å². The molecule has 3 atom stereocenters. The fourth-order valence-electron chi connectivity index (χ4n) is 2.80. The molecule has 1 fully saturated rings. The van der Waals surface area contributed by atoms with E-state index in [-0.39, 0.29) is 26.5 Å². The lowest BCUT2D eigenvalue weighted by Crippen LogP contribution is -2.14. The van der Waals surface area contributed by atoms with E-state index in [1.54, 1.807) is 6.08 Å². The van der Waals surface area contributed by atoms with Gasteiger partial charge in [0.2, 0.25) is 0 Å². The Morgan fingerprint density at radius 2 is 2.12 bits per heavy atom. The second kappa shape index (κ2) is 7.25. The molecule has 1 aliphatic rings. The molecule has 25 heavy (non-hydrogen) atoms. The normalized spacial score (nSPS) is 21.6. The summed E-state index contributed by atoms with van der Waals surface area (Å²) in [4.78, 5) is 22.8. The fraction of sp³-hybridized carbons (Fsp3) is 0.353. The van der Waals surface area contributed by atoms with Gasteiger partial charge in [-0.15, -0.1) is 6.42 Å². The number of ether oxygens (including phenoxy) is 1. The van der Waals surface area contributed by atoms with Crippen molar-refractivity contribution < 1.29 is 14.5 Å². The second-order valence-corrected chi connectivity index (χ2v) is 7.65. The molecule has 1 aromatic rings. The Morgan fingerprint density at radius 1 is 1.48 bits per heavy atom. The molecule has 8 heteroatoms. The Labute approximate surface area is 160 Å². The Kier molecular flexibility index (Phi) is 5.68. The van der Waals surface area contributed by atoms with Crippen molar-refractivity contribution in [3.05, 3.63) is 49.5 Å². The van der Waals surface area contributed by atoms with Gasteiger partial charge in [-0.2, -0.15) is 0 Å². The van der Waals surface area contributed by atoms with Crippen LogP contribution in [0.1, 0.15) is 25.5 Å². The maximum atomic E-state index is 12.4. The summed E-state index contributed by atoms with van der Waals surface area (Å²) in [6.07, 6.45) is 5.97. The zero-order valence-electron chi connectivity index (χ0n) is 13.3. The van der Waals surface area contributed by atoms with E-state index in [0.717, 1.165) is 0 Å². The van der Waals surface area contributed by atoms with Crippen molar-refractivity contribution >= 4 is 46.5 Å². The third-order valence-electron chi connectivity index (χ3n) is 4.33. The van der Waals surface area contributed by atoms with Crippen molar-refractivity contribution in [3.63, 3.8) is 0 Å². The number of benzene rings is 1. The van der Waals surface area contributed by atoms with Gasteiger partial charge >= 0.3 is 5.97 Å². The first-order valence-corrected chi connectivity index (χ1v) is 8.36. The quantitative estimate of drug-likeness (QED) is 0.299. The first-order valence-electron chi connectivity index (χ1n) is 7.23. The Balaban J connectivity index is 2.20. The smallest absolute Gasteiger partial charge is 0.311 e. The number of hydrogen-bond donors (Lipinski definition) is 0. The monoisotopic (exact) mass is 401 g/mol. The Hall–Kier alpha value is -1.74. The lowest BCUT2D eigenvalue weighted by molar-refractivity contribution is -0.384. The summed E-state index contributed by atoms with van der Waals surface area (Å²) in [5.74, 6) is 1.20. The van der Waals surface area contributed by atoms with Crippen molar-refractivity contribution in [1.82, 2.24) is 0 Å². The summed E-state index contributed by atoms with van der Waals surface area (Å²) in [6, 6.07) is 4.02. The number of rotatable bonds is 5. The van der Waals surface area contributed by atoms with Crippen LogP contribution in [0.5, 0.6) is 0 Å². The van der Waals surface area contributed by atoms with E-state index in [2.05, 4.69) is 5.92 Å². The van der Waals surface area contributed by atoms with Crippen LogP contribution >= 0.6 is 34.8 Å². The number of esters is 1. The molecule has 1 aromatic carbocycles. The minimum Gasteiger partial charge on any atom is -0.444 e. The van der Waals surface area contributed by atoms with Crippen LogP contribution in [0.25, 0.3) is 0 Å². The molecule has 1 unspecified atom stereocenters. The predicted molar refractivity (Wildman–Crippen MR) is 96.3 cm³/mol. The van der Waals surface area contributed by atoms with Gasteiger partial charge < -0.3 is 4.74 Å². The van der Waals surface area contributed by atoms with Crippen LogP contribution in [0.4, 0.5) is 5.69 Å². The number of allylic oxidation sites excluding steroid dienone is 1. The zero-order chi connectivity index (χ0) is 18.9. The average molecular weight is 403 g/mol. The molecule has 2 rings (SSSR count). The Morgan fingerprint density at radius 3 is 2.64 bits per heavy atom. The van der Waals surface area contributed by atoms with Gasteiger partial charge in [0.15, 0.2) is 6.10 Å². The van der Waals surface area contributed by atoms with Crippen molar-refractivity contribution in [1.29, 1.82) is 0 Å². The third kappa shape index (κ3) is 4.09. The fourth-order valence-corrected chi connectivity index (χ4v) is 3.25. The molecule has 0 amide bonds. The summed E-state index contributed by atoms with van der Waals surface area (Å²) in [5, 5.41) is 11.0. The molecule has 1 aliphatic carbocycles. The summed E-state index contributed by atoms with van der Waals surface area (Å²) >= 11 is 17.1. The molecule has 132 valence electrons. The van der Waals surface area contributed by atoms with E-state index >= 15 is 0 Å². The van der Waals surface area contributed by atoms with Crippen molar-refractivity contribution in [2.75, 3.05) is 0 Å². The van der Waals surface area contributed by atoms with Gasteiger partial charge in [0.1, 0.15) is 9.51 Å². The molecule has 5 nitrogen and oxygen atoms in total. The van der Waals surface area contributed by atoms with Crippen LogP contribution in [0.3, 0.4) is 0 Å². The summed E-state index contributed by atoms with van der Waals surface area (Å²) in [6.45, 7) is 3.77. The van der Waals surface area contributed by atoms with E-state index in [1.165, 1.54) is 18.2 Å². The minimum atomic E-state index is -1.06. The number of halogens is 3. The zero-order valence-corrected chi connectivity index (χ0v) is 15.6. The molecule has 1 saturated carbocycles. The summed E-state index contributed by atoms with van der Waals surface area (Å²) in [5.41, 5.74) is -0.373. The molecule has 0 saturated heterocycles. The number of nitrogens with zero attached hydrogens (tertiary/aromatic N) is 1. The maximum Gasteiger partial charge on any atom is 0.311 e. The number of carbonyl (C=O) groups is 1. The van der Waals surface area contributed by atoms with Crippen LogP contribution < -0.4 is 0 Å². The van der Waals surface area contributed by atoms with Gasteiger partial charge in [-0.1, -0.05) is 60.6 Å². The van der Waals surface area contributed by atoms with E-state index < -0.39 is 22.9 Å². The molecule has 0 spiro atoms. The lowest BCUT2D eigenvalue weighted by Gasteiger charge is -2.13. The van der Waals surface area contributed by atoms with Gasteiger partial charge in [0.05, 0.1) is 10.8 Å². The second-order valence-electron chi connectivity index (χ2n) is 6.23. The number of carbonyl (C=O) groups excluding carboxylic acids is 1. The van der Waals surface area contributed by atoms with Crippen molar-refractivity contribution in [2.45, 2.75) is 20.0 Å². The van der Waals surface area contributed by atoms with Crippen LogP contribution in [-0.2, 0) is 9.53 Å². The largest absolute Gasteiger partial charge is 0.444 e. The summed E-state index contributed by atoms with van der Waals surface area (Å²) < 4.78 is 5.45. The van der Waals surface area contributed by atoms with Crippen molar-refractivity contribution in [2.24, 2.45) is 17.3 Å². The predicted octanol–water partition coefficient (Wildman–Crippen LogP) is 5.06. The summed E-state index contributed by atoms with van der Waals surface area (Å²) in [7, 11) is 0. The average Bonchev–Trinajstić information content (AvgIpc) is 3.05. The highest BCUT2D eigenvalue weighted by Crippen LogP contribution is 2.60. The van der Waals surface area contributed by atoms with E-state index in [1.807, 2.05) is 13.8 Å². The maximum absolute atomic E-state index is 12.4. The Bertz CT molecular complexity index is 794. The molecule has 0 N–H and O–H groups in total. The van der Waals surface area contributed by atoms with E-state index in [4.69, 9.17) is 46.0 Å². The number of nitro groups is 1. The number of terminal acetylenes is 1. The van der Waals surface area contributed by atoms with Crippen LogP contribution in [0, 0.1) is 39.7 Å². The standard InChI is InChI=1S/C17H14Cl3NO4/c1-4-13(9-5-6-11(18)12(7-9)21(23)24)25-16(22)15-10(8-14(19)20)17(15,2)3/h1,5-8,10,13,15H,2-3H3/t10-,13?,15-/m0/s1. The van der Waals surface area contributed by atoms with E-state index in [9.17, 15) is 14.9 Å². The van der Waals surface area contributed by atoms with Gasteiger partial charge in [0.25, 0.3) is 5.69 Å². The van der Waals surface area contributed by atoms with Crippen molar-refractivity contribution in [3.8, 4) is 12.3 Å². The number of nitro benzene ring substituents is 1. The molecular weight excluding hydrogens is 389 g/mol. The minimum absolute atomic E-state index is 0.0267. The third-order valence-corrected chi connectivity index (χ3v) is 4.90. The SMILES string of the molecule is C#CC(OC(=O)[C@@H]1[C@H](C=C(Cl)Cl)C1(C)C)c1ccc(Cl)c([N+](=O)[O-])c1. The highest BCUT2D eigenvalue weighted by Gasteiger charge is 2.61. The van der Waals surface area contributed by atoms with Gasteiger partial charge in [-0.05, 0) is 23.5 Å². The first-order chi connectivity index (χ1) is 11.6. The molecule has 0 radical (unpaired) electrons. The van der Waals surface area contributed by atoms with Crippen LogP contribution in [0.15, 0.2) is 28.8 Å². The topological polar surface area (TPSA) is 69.4 Å². The highest BCUT2D eigenvalue weighted by atomic mass is 35.5. The van der Waals surface area contributed by atoms with Gasteiger partial charge in [-0.3, -0.25) is 14.9 Å². The highest BCUT2D eigenvalue weighted by molar-refractivity contribution is 6.55. The van der Waals surface area contributed by atoms with Gasteiger partial charge in [-0.25, -0.2) is 0 Å². The molecule has 0 aromatic heterocycles. The van der Waals surface area contributed by atoms with E-state index in [0.29, 0.717) is 5.56 Å².